The summed E-state index contributed by atoms with van der Waals surface area (Å²) in [5.41, 5.74) is 0. The van der Waals surface area contributed by atoms with Gasteiger partial charge in [-0.2, -0.15) is 0 Å². The number of nitrogens with zero attached hydrogens (tertiary/aromatic N) is 2. The molecule has 0 bridgehead atoms. The summed E-state index contributed by atoms with van der Waals surface area (Å²) in [5, 5.41) is 3.83. The number of nitrogens with one attached hydrogen (secondary N) is 1. The molecule has 3 nitrogen and oxygen atoms in total. The van der Waals surface area contributed by atoms with E-state index in [9.17, 15) is 0 Å². The third-order valence-corrected chi connectivity index (χ3v) is 3.17. The smallest absolute Gasteiger partial charge is 0.222 e. The van der Waals surface area contributed by atoms with Crippen LogP contribution in [0.15, 0.2) is 12.4 Å². The van der Waals surface area contributed by atoms with Crippen LogP contribution in [0.3, 0.4) is 0 Å². The van der Waals surface area contributed by atoms with E-state index < -0.39 is 0 Å². The Labute approximate surface area is 95.3 Å². The predicted molar refractivity (Wildman–Crippen MR) is 62.0 cm³/mol. The molecular formula is C11H16ClN3. The lowest BCUT2D eigenvalue weighted by Gasteiger charge is -2.10. The Morgan fingerprint density at radius 1 is 1.40 bits per heavy atom. The Hall–Kier alpha value is -0.830. The maximum atomic E-state index is 5.71. The Morgan fingerprint density at radius 2 is 2.13 bits per heavy atom. The molecule has 1 saturated carbocycles. The minimum atomic E-state index is 0.579. The van der Waals surface area contributed by atoms with Crippen LogP contribution in [0, 0.1) is 11.8 Å². The maximum Gasteiger partial charge on any atom is 0.222 e. The molecule has 0 saturated heterocycles. The largest absolute Gasteiger partial charge is 0.354 e. The monoisotopic (exact) mass is 225 g/mol. The highest BCUT2D eigenvalue weighted by Crippen LogP contribution is 2.30. The van der Waals surface area contributed by atoms with Crippen LogP contribution in [0.5, 0.6) is 0 Å². The Balaban J connectivity index is 1.80. The van der Waals surface area contributed by atoms with E-state index >= 15 is 0 Å². The fourth-order valence-corrected chi connectivity index (χ4v) is 2.25. The molecule has 1 heterocycles. The summed E-state index contributed by atoms with van der Waals surface area (Å²) in [4.78, 5) is 8.21. The van der Waals surface area contributed by atoms with Crippen molar-refractivity contribution in [3.63, 3.8) is 0 Å². The Bertz CT molecular complexity index is 312. The Morgan fingerprint density at radius 3 is 2.73 bits per heavy atom. The third kappa shape index (κ3) is 3.06. The molecule has 82 valence electrons. The number of rotatable bonds is 3. The molecule has 0 radical (unpaired) electrons. The van der Waals surface area contributed by atoms with Crippen molar-refractivity contribution in [3.05, 3.63) is 17.4 Å². The van der Waals surface area contributed by atoms with Gasteiger partial charge in [0.15, 0.2) is 0 Å². The molecule has 0 aromatic carbocycles. The molecular weight excluding hydrogens is 210 g/mol. The maximum absolute atomic E-state index is 5.71. The summed E-state index contributed by atoms with van der Waals surface area (Å²) < 4.78 is 0. The molecule has 2 rings (SSSR count). The molecule has 1 aromatic rings. The molecule has 2 atom stereocenters. The van der Waals surface area contributed by atoms with Crippen LogP contribution in [0.25, 0.3) is 0 Å². The number of anilines is 1. The summed E-state index contributed by atoms with van der Waals surface area (Å²) in [5.74, 6) is 2.33. The van der Waals surface area contributed by atoms with E-state index in [2.05, 4.69) is 22.2 Å². The number of hydrogen-bond acceptors (Lipinski definition) is 3. The van der Waals surface area contributed by atoms with Crippen LogP contribution in [-0.4, -0.2) is 16.5 Å². The summed E-state index contributed by atoms with van der Waals surface area (Å²) in [6, 6.07) is 0. The second-order valence-electron chi connectivity index (χ2n) is 4.39. The number of aromatic nitrogens is 2. The van der Waals surface area contributed by atoms with E-state index in [0.29, 0.717) is 11.0 Å². The van der Waals surface area contributed by atoms with Gasteiger partial charge in [0.05, 0.1) is 17.4 Å². The summed E-state index contributed by atoms with van der Waals surface area (Å²) >= 11 is 5.71. The lowest BCUT2D eigenvalue weighted by Crippen LogP contribution is -2.13. The minimum Gasteiger partial charge on any atom is -0.354 e. The number of halogens is 1. The van der Waals surface area contributed by atoms with Crippen LogP contribution in [0.2, 0.25) is 5.02 Å². The van der Waals surface area contributed by atoms with Gasteiger partial charge in [-0.1, -0.05) is 24.9 Å². The highest BCUT2D eigenvalue weighted by molar-refractivity contribution is 6.30. The molecule has 0 spiro atoms. The van der Waals surface area contributed by atoms with Crippen molar-refractivity contribution in [2.45, 2.75) is 26.2 Å². The average molecular weight is 226 g/mol. The highest BCUT2D eigenvalue weighted by Gasteiger charge is 2.20. The van der Waals surface area contributed by atoms with Gasteiger partial charge in [0.2, 0.25) is 5.95 Å². The van der Waals surface area contributed by atoms with Crippen molar-refractivity contribution in [1.82, 2.24) is 9.97 Å². The average Bonchev–Trinajstić information content (AvgIpc) is 2.64. The van der Waals surface area contributed by atoms with Crippen LogP contribution >= 0.6 is 11.6 Å². The zero-order chi connectivity index (χ0) is 10.7. The van der Waals surface area contributed by atoms with Gasteiger partial charge < -0.3 is 5.32 Å². The van der Waals surface area contributed by atoms with Crippen molar-refractivity contribution in [1.29, 1.82) is 0 Å². The molecule has 0 amide bonds. The topological polar surface area (TPSA) is 37.8 Å². The molecule has 1 aromatic heterocycles. The highest BCUT2D eigenvalue weighted by atomic mass is 35.5. The molecule has 15 heavy (non-hydrogen) atoms. The fourth-order valence-electron chi connectivity index (χ4n) is 2.15. The second kappa shape index (κ2) is 4.79. The van der Waals surface area contributed by atoms with Crippen LogP contribution in [-0.2, 0) is 0 Å². The molecule has 2 unspecified atom stereocenters. The van der Waals surface area contributed by atoms with Gasteiger partial charge >= 0.3 is 0 Å². The van der Waals surface area contributed by atoms with Crippen molar-refractivity contribution in [3.8, 4) is 0 Å². The van der Waals surface area contributed by atoms with Gasteiger partial charge in [0, 0.05) is 6.54 Å². The van der Waals surface area contributed by atoms with Crippen molar-refractivity contribution < 1.29 is 0 Å². The van der Waals surface area contributed by atoms with Gasteiger partial charge in [-0.3, -0.25) is 0 Å². The first-order chi connectivity index (χ1) is 7.24. The summed E-state index contributed by atoms with van der Waals surface area (Å²) in [6.07, 6.45) is 7.23. The van der Waals surface area contributed by atoms with Crippen molar-refractivity contribution in [2.75, 3.05) is 11.9 Å². The van der Waals surface area contributed by atoms with Gasteiger partial charge in [0.25, 0.3) is 0 Å². The molecule has 1 aliphatic rings. The number of hydrogen-bond donors (Lipinski definition) is 1. The quantitative estimate of drug-likeness (QED) is 0.860. The van der Waals surface area contributed by atoms with Crippen LogP contribution in [0.4, 0.5) is 5.95 Å². The standard InChI is InChI=1S/C11H16ClN3/c1-8-2-3-9(4-8)5-13-11-14-6-10(12)7-15-11/h6-9H,2-5H2,1H3,(H,13,14,15). The van der Waals surface area contributed by atoms with E-state index in [0.717, 1.165) is 18.4 Å². The zero-order valence-electron chi connectivity index (χ0n) is 8.91. The molecule has 0 aliphatic heterocycles. The molecule has 1 N–H and O–H groups in total. The summed E-state index contributed by atoms with van der Waals surface area (Å²) in [7, 11) is 0. The third-order valence-electron chi connectivity index (χ3n) is 2.97. The zero-order valence-corrected chi connectivity index (χ0v) is 9.67. The van der Waals surface area contributed by atoms with Gasteiger partial charge in [-0.05, 0) is 24.7 Å². The Kier molecular flexibility index (Phi) is 3.41. The second-order valence-corrected chi connectivity index (χ2v) is 4.83. The van der Waals surface area contributed by atoms with Gasteiger partial charge in [0.1, 0.15) is 0 Å². The molecule has 1 fully saturated rings. The molecule has 4 heteroatoms. The van der Waals surface area contributed by atoms with Crippen molar-refractivity contribution >= 4 is 17.5 Å². The first kappa shape index (κ1) is 10.7. The van der Waals surface area contributed by atoms with E-state index in [-0.39, 0.29) is 0 Å². The molecule has 1 aliphatic carbocycles. The van der Waals surface area contributed by atoms with E-state index in [1.807, 2.05) is 0 Å². The summed E-state index contributed by atoms with van der Waals surface area (Å²) in [6.45, 7) is 3.30. The first-order valence-corrected chi connectivity index (χ1v) is 5.83. The normalized spacial score (nSPS) is 25.5. The van der Waals surface area contributed by atoms with E-state index in [4.69, 9.17) is 11.6 Å². The van der Waals surface area contributed by atoms with Gasteiger partial charge in [-0.15, -0.1) is 0 Å². The predicted octanol–water partition coefficient (Wildman–Crippen LogP) is 2.98. The van der Waals surface area contributed by atoms with E-state index in [1.54, 1.807) is 12.4 Å². The first-order valence-electron chi connectivity index (χ1n) is 5.45. The fraction of sp³-hybridized carbons (Fsp3) is 0.636. The van der Waals surface area contributed by atoms with E-state index in [1.165, 1.54) is 19.3 Å². The van der Waals surface area contributed by atoms with Crippen LogP contribution < -0.4 is 5.32 Å². The minimum absolute atomic E-state index is 0.579. The lowest BCUT2D eigenvalue weighted by atomic mass is 10.1. The lowest BCUT2D eigenvalue weighted by molar-refractivity contribution is 0.536. The SMILES string of the molecule is CC1CCC(CNc2ncc(Cl)cn2)C1. The van der Waals surface area contributed by atoms with Crippen molar-refractivity contribution in [2.24, 2.45) is 11.8 Å². The van der Waals surface area contributed by atoms with Crippen LogP contribution in [0.1, 0.15) is 26.2 Å². The van der Waals surface area contributed by atoms with Gasteiger partial charge in [-0.25, -0.2) is 9.97 Å².